The summed E-state index contributed by atoms with van der Waals surface area (Å²) in [6.07, 6.45) is 9.38. The van der Waals surface area contributed by atoms with Gasteiger partial charge in [-0.3, -0.25) is 0 Å². The van der Waals surface area contributed by atoms with Gasteiger partial charge in [0.25, 0.3) is 0 Å². The van der Waals surface area contributed by atoms with Crippen molar-refractivity contribution in [2.45, 2.75) is 70.9 Å². The van der Waals surface area contributed by atoms with Crippen LogP contribution in [0.2, 0.25) is 0 Å². The molecule has 1 heterocycles. The summed E-state index contributed by atoms with van der Waals surface area (Å²) in [5, 5.41) is 3.63. The zero-order valence-corrected chi connectivity index (χ0v) is 12.2. The lowest BCUT2D eigenvalue weighted by Gasteiger charge is -2.31. The summed E-state index contributed by atoms with van der Waals surface area (Å²) in [7, 11) is 0. The molecule has 2 unspecified atom stereocenters. The van der Waals surface area contributed by atoms with Crippen molar-refractivity contribution in [1.82, 2.24) is 5.32 Å². The maximum atomic E-state index is 5.83. The van der Waals surface area contributed by atoms with Crippen molar-refractivity contribution >= 4 is 0 Å². The van der Waals surface area contributed by atoms with Crippen LogP contribution in [0.3, 0.4) is 0 Å². The fourth-order valence-electron chi connectivity index (χ4n) is 2.46. The van der Waals surface area contributed by atoms with Gasteiger partial charge in [-0.2, -0.15) is 0 Å². The molecular weight excluding hydrogens is 226 g/mol. The van der Waals surface area contributed by atoms with Crippen LogP contribution in [0.4, 0.5) is 0 Å². The molecule has 0 aromatic heterocycles. The molecule has 3 nitrogen and oxygen atoms in total. The van der Waals surface area contributed by atoms with Gasteiger partial charge in [-0.25, -0.2) is 0 Å². The van der Waals surface area contributed by atoms with Crippen molar-refractivity contribution in [2.75, 3.05) is 26.4 Å². The zero-order valence-electron chi connectivity index (χ0n) is 12.2. The third-order valence-corrected chi connectivity index (χ3v) is 3.57. The van der Waals surface area contributed by atoms with Crippen LogP contribution in [-0.4, -0.2) is 38.5 Å². The van der Waals surface area contributed by atoms with E-state index in [1.165, 1.54) is 44.9 Å². The summed E-state index contributed by atoms with van der Waals surface area (Å²) in [6, 6.07) is 0.479. The third-order valence-electron chi connectivity index (χ3n) is 3.57. The molecule has 2 atom stereocenters. The van der Waals surface area contributed by atoms with E-state index in [1.54, 1.807) is 0 Å². The summed E-state index contributed by atoms with van der Waals surface area (Å²) >= 11 is 0. The lowest BCUT2D eigenvalue weighted by Crippen LogP contribution is -2.46. The van der Waals surface area contributed by atoms with Gasteiger partial charge in [-0.05, 0) is 19.4 Å². The molecular formula is C15H31NO2. The minimum atomic E-state index is 0.261. The Labute approximate surface area is 113 Å². The first-order valence-corrected chi connectivity index (χ1v) is 7.81. The monoisotopic (exact) mass is 257 g/mol. The van der Waals surface area contributed by atoms with Crippen molar-refractivity contribution < 1.29 is 9.47 Å². The second-order valence-corrected chi connectivity index (χ2v) is 5.25. The Morgan fingerprint density at radius 2 is 1.89 bits per heavy atom. The van der Waals surface area contributed by atoms with E-state index in [2.05, 4.69) is 19.2 Å². The highest BCUT2D eigenvalue weighted by Crippen LogP contribution is 2.14. The van der Waals surface area contributed by atoms with Crippen LogP contribution in [0, 0.1) is 0 Å². The van der Waals surface area contributed by atoms with E-state index >= 15 is 0 Å². The Hall–Kier alpha value is -0.120. The van der Waals surface area contributed by atoms with E-state index in [1.807, 2.05) is 0 Å². The largest absolute Gasteiger partial charge is 0.376 e. The predicted octanol–water partition coefficient (Wildman–Crippen LogP) is 3.13. The Kier molecular flexibility index (Phi) is 9.54. The van der Waals surface area contributed by atoms with Crippen molar-refractivity contribution in [3.8, 4) is 0 Å². The first kappa shape index (κ1) is 15.9. The molecule has 0 spiro atoms. The maximum absolute atomic E-state index is 5.83. The van der Waals surface area contributed by atoms with Crippen molar-refractivity contribution in [2.24, 2.45) is 0 Å². The molecule has 0 saturated carbocycles. The molecule has 0 aromatic rings. The fourth-order valence-corrected chi connectivity index (χ4v) is 2.46. The first-order valence-electron chi connectivity index (χ1n) is 7.81. The highest BCUT2D eigenvalue weighted by atomic mass is 16.6. The van der Waals surface area contributed by atoms with E-state index < -0.39 is 0 Å². The Bertz CT molecular complexity index is 181. The third kappa shape index (κ3) is 6.72. The molecule has 0 bridgehead atoms. The van der Waals surface area contributed by atoms with Gasteiger partial charge in [-0.1, -0.05) is 46.0 Å². The van der Waals surface area contributed by atoms with Gasteiger partial charge in [0, 0.05) is 6.04 Å². The van der Waals surface area contributed by atoms with Gasteiger partial charge in [-0.15, -0.1) is 0 Å². The van der Waals surface area contributed by atoms with E-state index in [0.717, 1.165) is 26.4 Å². The van der Waals surface area contributed by atoms with Gasteiger partial charge in [0.05, 0.1) is 25.9 Å². The summed E-state index contributed by atoms with van der Waals surface area (Å²) in [6.45, 7) is 7.83. The van der Waals surface area contributed by atoms with Crippen molar-refractivity contribution in [1.29, 1.82) is 0 Å². The van der Waals surface area contributed by atoms with E-state index in [0.29, 0.717) is 6.04 Å². The van der Waals surface area contributed by atoms with E-state index in [-0.39, 0.29) is 6.10 Å². The topological polar surface area (TPSA) is 30.5 Å². The number of hydrogen-bond acceptors (Lipinski definition) is 3. The molecule has 108 valence electrons. The molecule has 1 aliphatic rings. The van der Waals surface area contributed by atoms with Gasteiger partial charge in [0.1, 0.15) is 0 Å². The quantitative estimate of drug-likeness (QED) is 0.610. The summed E-state index contributed by atoms with van der Waals surface area (Å²) in [5.41, 5.74) is 0. The van der Waals surface area contributed by atoms with Crippen LogP contribution < -0.4 is 5.32 Å². The van der Waals surface area contributed by atoms with Crippen molar-refractivity contribution in [3.05, 3.63) is 0 Å². The number of rotatable bonds is 10. The number of unbranched alkanes of at least 4 members (excludes halogenated alkanes) is 4. The fraction of sp³-hybridized carbons (Fsp3) is 1.00. The highest BCUT2D eigenvalue weighted by molar-refractivity contribution is 4.78. The Morgan fingerprint density at radius 3 is 2.56 bits per heavy atom. The molecule has 0 radical (unpaired) electrons. The molecule has 0 aliphatic carbocycles. The SMILES string of the molecule is CCCCCCCC(NCCC)C1COCCO1. The molecule has 1 rings (SSSR count). The highest BCUT2D eigenvalue weighted by Gasteiger charge is 2.23. The average Bonchev–Trinajstić information content (AvgIpc) is 2.43. The van der Waals surface area contributed by atoms with Crippen LogP contribution in [-0.2, 0) is 9.47 Å². The summed E-state index contributed by atoms with van der Waals surface area (Å²) in [4.78, 5) is 0. The van der Waals surface area contributed by atoms with Crippen molar-refractivity contribution in [3.63, 3.8) is 0 Å². The minimum absolute atomic E-state index is 0.261. The molecule has 0 aromatic carbocycles. The molecule has 0 amide bonds. The van der Waals surface area contributed by atoms with Crippen LogP contribution >= 0.6 is 0 Å². The van der Waals surface area contributed by atoms with E-state index in [9.17, 15) is 0 Å². The van der Waals surface area contributed by atoms with Crippen LogP contribution in [0.5, 0.6) is 0 Å². The zero-order chi connectivity index (χ0) is 13.1. The molecule has 1 fully saturated rings. The Morgan fingerprint density at radius 1 is 1.06 bits per heavy atom. The van der Waals surface area contributed by atoms with Gasteiger partial charge < -0.3 is 14.8 Å². The predicted molar refractivity (Wildman–Crippen MR) is 76.0 cm³/mol. The van der Waals surface area contributed by atoms with Gasteiger partial charge in [0.2, 0.25) is 0 Å². The normalized spacial score (nSPS) is 22.0. The van der Waals surface area contributed by atoms with Crippen LogP contribution in [0.25, 0.3) is 0 Å². The second-order valence-electron chi connectivity index (χ2n) is 5.25. The minimum Gasteiger partial charge on any atom is -0.376 e. The number of nitrogens with one attached hydrogen (secondary N) is 1. The number of ether oxygens (including phenoxy) is 2. The average molecular weight is 257 g/mol. The lowest BCUT2D eigenvalue weighted by atomic mass is 10.0. The first-order chi connectivity index (χ1) is 8.88. The molecule has 1 saturated heterocycles. The standard InChI is InChI=1S/C15H31NO2/c1-3-5-6-7-8-9-14(16-10-4-2)15-13-17-11-12-18-15/h14-16H,3-13H2,1-2H3. The smallest absolute Gasteiger partial charge is 0.0962 e. The van der Waals surface area contributed by atoms with E-state index in [4.69, 9.17) is 9.47 Å². The Balaban J connectivity index is 2.21. The molecule has 18 heavy (non-hydrogen) atoms. The lowest BCUT2D eigenvalue weighted by molar-refractivity contribution is -0.102. The van der Waals surface area contributed by atoms with Crippen LogP contribution in [0.15, 0.2) is 0 Å². The second kappa shape index (κ2) is 10.8. The van der Waals surface area contributed by atoms with Gasteiger partial charge >= 0.3 is 0 Å². The number of hydrogen-bond donors (Lipinski definition) is 1. The molecule has 1 aliphatic heterocycles. The maximum Gasteiger partial charge on any atom is 0.0962 e. The van der Waals surface area contributed by atoms with Gasteiger partial charge in [0.15, 0.2) is 0 Å². The van der Waals surface area contributed by atoms with Crippen LogP contribution in [0.1, 0.15) is 58.8 Å². The summed E-state index contributed by atoms with van der Waals surface area (Å²) in [5.74, 6) is 0. The molecule has 3 heteroatoms. The summed E-state index contributed by atoms with van der Waals surface area (Å²) < 4.78 is 11.4. The molecule has 1 N–H and O–H groups in total.